The summed E-state index contributed by atoms with van der Waals surface area (Å²) in [4.78, 5) is 12.7. The lowest BCUT2D eigenvalue weighted by atomic mass is 9.52. The zero-order chi connectivity index (χ0) is 20.7. The number of rotatable bonds is 5. The highest BCUT2D eigenvalue weighted by Crippen LogP contribution is 2.61. The maximum Gasteiger partial charge on any atom is 0.139 e. The monoisotopic (exact) mass is 402 g/mol. The van der Waals surface area contributed by atoms with Crippen LogP contribution in [-0.4, -0.2) is 5.78 Å². The molecule has 2 saturated carbocycles. The Hall–Kier alpha value is -2.09. The Morgan fingerprint density at radius 1 is 1.10 bits per heavy atom. The Morgan fingerprint density at radius 3 is 2.73 bits per heavy atom. The lowest BCUT2D eigenvalue weighted by Crippen LogP contribution is -2.46. The number of Topliss-reactive ketones (excluding diaryl/α,β-unsaturated/α-hetero) is 1. The van der Waals surface area contributed by atoms with Gasteiger partial charge in [0.05, 0.1) is 0 Å². The van der Waals surface area contributed by atoms with Gasteiger partial charge < -0.3 is 4.74 Å². The van der Waals surface area contributed by atoms with Crippen LogP contribution in [0.25, 0.3) is 0 Å². The van der Waals surface area contributed by atoms with Crippen molar-refractivity contribution in [2.45, 2.75) is 71.3 Å². The summed E-state index contributed by atoms with van der Waals surface area (Å²) in [7, 11) is 0. The third kappa shape index (κ3) is 3.29. The molecule has 5 unspecified atom stereocenters. The molecule has 5 atom stereocenters. The van der Waals surface area contributed by atoms with Crippen molar-refractivity contribution in [2.75, 3.05) is 0 Å². The zero-order valence-corrected chi connectivity index (χ0v) is 18.4. The van der Waals surface area contributed by atoms with Crippen molar-refractivity contribution < 1.29 is 9.53 Å². The van der Waals surface area contributed by atoms with Gasteiger partial charge in [0.15, 0.2) is 0 Å². The molecule has 2 heteroatoms. The van der Waals surface area contributed by atoms with Gasteiger partial charge >= 0.3 is 0 Å². The summed E-state index contributed by atoms with van der Waals surface area (Å²) >= 11 is 0. The van der Waals surface area contributed by atoms with Crippen molar-refractivity contribution in [3.8, 4) is 5.75 Å². The fourth-order valence-electron chi connectivity index (χ4n) is 7.02. The SMILES string of the molecule is CCCC1Cc2cc(OCc3ccccc3)ccc2C2CCC3(C)C(=O)CCC3C12. The number of carbonyl (C=O) groups excluding carboxylic acids is 1. The average Bonchev–Trinajstić information content (AvgIpc) is 3.07. The van der Waals surface area contributed by atoms with E-state index in [0.29, 0.717) is 36.1 Å². The molecule has 0 bridgehead atoms. The topological polar surface area (TPSA) is 26.3 Å². The van der Waals surface area contributed by atoms with Crippen molar-refractivity contribution in [1.82, 2.24) is 0 Å². The number of ketones is 1. The predicted octanol–water partition coefficient (Wildman–Crippen LogP) is 6.72. The van der Waals surface area contributed by atoms with E-state index in [1.165, 1.54) is 30.4 Å². The minimum Gasteiger partial charge on any atom is -0.489 e. The summed E-state index contributed by atoms with van der Waals surface area (Å²) in [6, 6.07) is 17.2. The van der Waals surface area contributed by atoms with Crippen LogP contribution in [0, 0.1) is 23.2 Å². The third-order valence-corrected chi connectivity index (χ3v) is 8.49. The van der Waals surface area contributed by atoms with Gasteiger partial charge in [0, 0.05) is 11.8 Å². The summed E-state index contributed by atoms with van der Waals surface area (Å²) < 4.78 is 6.14. The quantitative estimate of drug-likeness (QED) is 0.555. The number of hydrogen-bond acceptors (Lipinski definition) is 2. The van der Waals surface area contributed by atoms with E-state index in [1.807, 2.05) is 6.07 Å². The molecule has 0 N–H and O–H groups in total. The highest BCUT2D eigenvalue weighted by atomic mass is 16.5. The van der Waals surface area contributed by atoms with E-state index in [2.05, 4.69) is 56.3 Å². The number of carbonyl (C=O) groups is 1. The summed E-state index contributed by atoms with van der Waals surface area (Å²) in [5.74, 6) is 4.12. The van der Waals surface area contributed by atoms with Crippen molar-refractivity contribution in [3.63, 3.8) is 0 Å². The van der Waals surface area contributed by atoms with Gasteiger partial charge in [-0.2, -0.15) is 0 Å². The maximum atomic E-state index is 12.7. The Labute approximate surface area is 181 Å². The van der Waals surface area contributed by atoms with Crippen LogP contribution >= 0.6 is 0 Å². The van der Waals surface area contributed by atoms with Crippen LogP contribution in [0.1, 0.15) is 75.0 Å². The first-order valence-electron chi connectivity index (χ1n) is 11.9. The van der Waals surface area contributed by atoms with E-state index in [9.17, 15) is 4.79 Å². The fourth-order valence-corrected chi connectivity index (χ4v) is 7.02. The van der Waals surface area contributed by atoms with Crippen LogP contribution in [-0.2, 0) is 17.8 Å². The lowest BCUT2D eigenvalue weighted by Gasteiger charge is -2.51. The zero-order valence-electron chi connectivity index (χ0n) is 18.4. The second-order valence-electron chi connectivity index (χ2n) is 10.1. The first-order valence-corrected chi connectivity index (χ1v) is 11.9. The number of ether oxygens (including phenoxy) is 1. The Kier molecular flexibility index (Phi) is 5.21. The van der Waals surface area contributed by atoms with Crippen molar-refractivity contribution in [1.29, 1.82) is 0 Å². The van der Waals surface area contributed by atoms with Gasteiger partial charge in [-0.15, -0.1) is 0 Å². The van der Waals surface area contributed by atoms with Gasteiger partial charge in [0.1, 0.15) is 18.1 Å². The van der Waals surface area contributed by atoms with Crippen molar-refractivity contribution in [2.24, 2.45) is 23.2 Å². The molecular weight excluding hydrogens is 368 g/mol. The average molecular weight is 403 g/mol. The molecule has 5 rings (SSSR count). The molecule has 0 saturated heterocycles. The molecule has 0 heterocycles. The Morgan fingerprint density at radius 2 is 1.93 bits per heavy atom. The molecule has 0 aromatic heterocycles. The van der Waals surface area contributed by atoms with E-state index in [-0.39, 0.29) is 5.41 Å². The highest BCUT2D eigenvalue weighted by molar-refractivity contribution is 5.87. The third-order valence-electron chi connectivity index (χ3n) is 8.49. The summed E-state index contributed by atoms with van der Waals surface area (Å²) in [6.45, 7) is 5.21. The van der Waals surface area contributed by atoms with Crippen LogP contribution in [0.2, 0.25) is 0 Å². The van der Waals surface area contributed by atoms with Crippen LogP contribution in [0.4, 0.5) is 0 Å². The molecule has 3 aliphatic carbocycles. The molecule has 2 nitrogen and oxygen atoms in total. The molecule has 2 aromatic carbocycles. The molecule has 30 heavy (non-hydrogen) atoms. The number of hydrogen-bond donors (Lipinski definition) is 0. The van der Waals surface area contributed by atoms with Gasteiger partial charge in [-0.3, -0.25) is 4.79 Å². The molecule has 0 aliphatic heterocycles. The van der Waals surface area contributed by atoms with Gasteiger partial charge in [0.2, 0.25) is 0 Å². The molecule has 0 amide bonds. The van der Waals surface area contributed by atoms with E-state index < -0.39 is 0 Å². The molecule has 0 spiro atoms. The smallest absolute Gasteiger partial charge is 0.139 e. The predicted molar refractivity (Wildman–Crippen MR) is 121 cm³/mol. The molecule has 0 radical (unpaired) electrons. The molecule has 2 fully saturated rings. The molecular formula is C28H34O2. The molecule has 3 aliphatic rings. The van der Waals surface area contributed by atoms with Crippen molar-refractivity contribution in [3.05, 3.63) is 65.2 Å². The first kappa shape index (κ1) is 19.8. The van der Waals surface area contributed by atoms with Gasteiger partial charge in [0.25, 0.3) is 0 Å². The lowest BCUT2D eigenvalue weighted by molar-refractivity contribution is -0.130. The van der Waals surface area contributed by atoms with Crippen LogP contribution in [0.15, 0.2) is 48.5 Å². The highest BCUT2D eigenvalue weighted by Gasteiger charge is 2.56. The van der Waals surface area contributed by atoms with Crippen LogP contribution in [0.5, 0.6) is 5.75 Å². The first-order chi connectivity index (χ1) is 14.6. The van der Waals surface area contributed by atoms with Crippen molar-refractivity contribution >= 4 is 5.78 Å². The summed E-state index contributed by atoms with van der Waals surface area (Å²) in [5.41, 5.74) is 4.19. The Bertz CT molecular complexity index is 917. The molecule has 158 valence electrons. The fraction of sp³-hybridized carbons (Fsp3) is 0.536. The second kappa shape index (κ2) is 7.87. The minimum atomic E-state index is -0.0522. The minimum absolute atomic E-state index is 0.0522. The van der Waals surface area contributed by atoms with E-state index >= 15 is 0 Å². The normalized spacial score (nSPS) is 32.3. The summed E-state index contributed by atoms with van der Waals surface area (Å²) in [6.07, 6.45) is 7.81. The van der Waals surface area contributed by atoms with Crippen LogP contribution in [0.3, 0.4) is 0 Å². The Balaban J connectivity index is 1.42. The van der Waals surface area contributed by atoms with Gasteiger partial charge in [-0.25, -0.2) is 0 Å². The van der Waals surface area contributed by atoms with Crippen LogP contribution < -0.4 is 4.74 Å². The van der Waals surface area contributed by atoms with Gasteiger partial charge in [-0.05, 0) is 78.2 Å². The maximum absolute atomic E-state index is 12.7. The second-order valence-corrected chi connectivity index (χ2v) is 10.1. The van der Waals surface area contributed by atoms with E-state index in [4.69, 9.17) is 4.74 Å². The summed E-state index contributed by atoms with van der Waals surface area (Å²) in [5, 5.41) is 0. The van der Waals surface area contributed by atoms with E-state index in [0.717, 1.165) is 31.4 Å². The molecule has 2 aromatic rings. The standard InChI is InChI=1S/C28H34O2/c1-3-7-20-16-21-17-22(30-18-19-8-5-4-6-9-19)10-11-23(21)24-14-15-28(2)25(27(20)24)12-13-26(28)29/h4-6,8-11,17,20,24-25,27H,3,7,12-16,18H2,1-2H3. The number of fused-ring (bicyclic) bond motifs is 5. The largest absolute Gasteiger partial charge is 0.489 e. The van der Waals surface area contributed by atoms with Gasteiger partial charge in [-0.1, -0.05) is 63.1 Å². The van der Waals surface area contributed by atoms with E-state index in [1.54, 1.807) is 5.56 Å². The number of benzene rings is 2.